The molecule has 0 aliphatic heterocycles. The summed E-state index contributed by atoms with van der Waals surface area (Å²) >= 11 is 0. The number of nitrogens with one attached hydrogen (secondary N) is 1. The smallest absolute Gasteiger partial charge is 0.314 e. The van der Waals surface area contributed by atoms with Crippen molar-refractivity contribution in [3.8, 4) is 11.5 Å². The molecule has 2 rings (SSSR count). The summed E-state index contributed by atoms with van der Waals surface area (Å²) in [5.41, 5.74) is 1.33. The molecule has 29 heavy (non-hydrogen) atoms. The normalized spacial score (nSPS) is 13.7. The van der Waals surface area contributed by atoms with Crippen molar-refractivity contribution in [1.82, 2.24) is 0 Å². The number of esters is 1. The third-order valence-electron chi connectivity index (χ3n) is 4.95. The lowest BCUT2D eigenvalue weighted by Crippen LogP contribution is -2.33. The minimum Gasteiger partial charge on any atom is -0.497 e. The van der Waals surface area contributed by atoms with Gasteiger partial charge in [0, 0.05) is 6.07 Å². The van der Waals surface area contributed by atoms with E-state index in [9.17, 15) is 9.59 Å². The monoisotopic (exact) mass is 399 g/mol. The van der Waals surface area contributed by atoms with Crippen LogP contribution in [0.5, 0.6) is 11.5 Å². The summed E-state index contributed by atoms with van der Waals surface area (Å²) in [7, 11) is 3.05. The van der Waals surface area contributed by atoms with Crippen LogP contribution in [0.4, 0.5) is 5.69 Å². The van der Waals surface area contributed by atoms with E-state index in [1.807, 2.05) is 44.2 Å². The van der Waals surface area contributed by atoms with Crippen molar-refractivity contribution in [2.45, 2.75) is 39.2 Å². The van der Waals surface area contributed by atoms with Gasteiger partial charge in [0.1, 0.15) is 11.5 Å². The molecule has 0 spiro atoms. The van der Waals surface area contributed by atoms with Gasteiger partial charge in [0.2, 0.25) is 0 Å². The molecule has 0 radical (unpaired) electrons. The van der Waals surface area contributed by atoms with Crippen LogP contribution in [0.25, 0.3) is 0 Å². The van der Waals surface area contributed by atoms with Crippen molar-refractivity contribution >= 4 is 17.6 Å². The number of carbonyl (C=O) groups excluding carboxylic acids is 2. The number of hydrogen-bond acceptors (Lipinski definition) is 5. The number of methoxy groups -OCH3 is 2. The zero-order chi connectivity index (χ0) is 21.4. The van der Waals surface area contributed by atoms with Gasteiger partial charge in [0.15, 0.2) is 6.10 Å². The van der Waals surface area contributed by atoms with Crippen LogP contribution < -0.4 is 14.8 Å². The molecule has 3 unspecified atom stereocenters. The van der Waals surface area contributed by atoms with E-state index in [2.05, 4.69) is 5.32 Å². The standard InChI is InChI=1S/C23H29NO5/c1-6-15(2)21(17-10-8-7-9-11-17)23(26)29-16(3)22(25)24-19-14-18(27-4)12-13-20(19)28-5/h7-16,21H,6H2,1-5H3,(H,24,25). The van der Waals surface area contributed by atoms with Crippen molar-refractivity contribution in [2.75, 3.05) is 19.5 Å². The Morgan fingerprint density at radius 3 is 2.28 bits per heavy atom. The van der Waals surface area contributed by atoms with Crippen LogP contribution in [-0.4, -0.2) is 32.2 Å². The Bertz CT molecular complexity index is 821. The zero-order valence-corrected chi connectivity index (χ0v) is 17.6. The summed E-state index contributed by atoms with van der Waals surface area (Å²) in [6, 6.07) is 14.6. The highest BCUT2D eigenvalue weighted by atomic mass is 16.5. The Balaban J connectivity index is 2.12. The first-order valence-corrected chi connectivity index (χ1v) is 9.69. The van der Waals surface area contributed by atoms with E-state index in [0.29, 0.717) is 17.2 Å². The summed E-state index contributed by atoms with van der Waals surface area (Å²) in [6.45, 7) is 5.59. The van der Waals surface area contributed by atoms with Gasteiger partial charge in [-0.15, -0.1) is 0 Å². The highest BCUT2D eigenvalue weighted by Gasteiger charge is 2.30. The van der Waals surface area contributed by atoms with Gasteiger partial charge in [-0.25, -0.2) is 0 Å². The molecule has 0 bridgehead atoms. The third-order valence-corrected chi connectivity index (χ3v) is 4.95. The molecule has 2 aromatic carbocycles. The number of benzene rings is 2. The van der Waals surface area contributed by atoms with Gasteiger partial charge < -0.3 is 19.5 Å². The molecule has 6 nitrogen and oxygen atoms in total. The molecule has 1 amide bonds. The molecule has 1 N–H and O–H groups in total. The van der Waals surface area contributed by atoms with E-state index >= 15 is 0 Å². The zero-order valence-electron chi connectivity index (χ0n) is 17.6. The second-order valence-corrected chi connectivity index (χ2v) is 6.91. The molecule has 0 aromatic heterocycles. The number of hydrogen-bond donors (Lipinski definition) is 1. The third kappa shape index (κ3) is 5.73. The first kappa shape index (κ1) is 22.3. The fourth-order valence-corrected chi connectivity index (χ4v) is 3.04. The maximum absolute atomic E-state index is 12.9. The Labute approximate surface area is 172 Å². The molecule has 0 saturated carbocycles. The van der Waals surface area contributed by atoms with Crippen LogP contribution in [-0.2, 0) is 14.3 Å². The van der Waals surface area contributed by atoms with Crippen molar-refractivity contribution in [2.24, 2.45) is 5.92 Å². The summed E-state index contributed by atoms with van der Waals surface area (Å²) in [5.74, 6) is -0.140. The molecule has 0 heterocycles. The van der Waals surface area contributed by atoms with Gasteiger partial charge in [-0.05, 0) is 30.5 Å². The van der Waals surface area contributed by atoms with Crippen molar-refractivity contribution < 1.29 is 23.8 Å². The second-order valence-electron chi connectivity index (χ2n) is 6.91. The summed E-state index contributed by atoms with van der Waals surface area (Å²) in [4.78, 5) is 25.5. The second kappa shape index (κ2) is 10.5. The van der Waals surface area contributed by atoms with Gasteiger partial charge in [0.05, 0.1) is 25.8 Å². The SMILES string of the molecule is CCC(C)C(C(=O)OC(C)C(=O)Nc1cc(OC)ccc1OC)c1ccccc1. The molecule has 0 saturated heterocycles. The van der Waals surface area contributed by atoms with Gasteiger partial charge in [0.25, 0.3) is 5.91 Å². The van der Waals surface area contributed by atoms with Crippen LogP contribution in [0.15, 0.2) is 48.5 Å². The van der Waals surface area contributed by atoms with E-state index in [-0.39, 0.29) is 5.92 Å². The molecule has 3 atom stereocenters. The quantitative estimate of drug-likeness (QED) is 0.633. The molecule has 6 heteroatoms. The molecule has 0 fully saturated rings. The molecule has 2 aromatic rings. The van der Waals surface area contributed by atoms with E-state index in [4.69, 9.17) is 14.2 Å². The lowest BCUT2D eigenvalue weighted by molar-refractivity contribution is -0.155. The Morgan fingerprint density at radius 1 is 1.00 bits per heavy atom. The van der Waals surface area contributed by atoms with Crippen LogP contribution in [0.3, 0.4) is 0 Å². The molecular weight excluding hydrogens is 370 g/mol. The van der Waals surface area contributed by atoms with Crippen LogP contribution in [0, 0.1) is 5.92 Å². The van der Waals surface area contributed by atoms with Gasteiger partial charge >= 0.3 is 5.97 Å². The van der Waals surface area contributed by atoms with Crippen molar-refractivity contribution in [3.63, 3.8) is 0 Å². The Kier molecular flexibility index (Phi) is 8.07. The fraction of sp³-hybridized carbons (Fsp3) is 0.391. The minimum absolute atomic E-state index is 0.0821. The van der Waals surface area contributed by atoms with Crippen molar-refractivity contribution in [1.29, 1.82) is 0 Å². The Morgan fingerprint density at radius 2 is 1.69 bits per heavy atom. The number of rotatable bonds is 9. The number of anilines is 1. The maximum Gasteiger partial charge on any atom is 0.314 e. The summed E-state index contributed by atoms with van der Waals surface area (Å²) in [6.07, 6.45) is -0.148. The number of carbonyl (C=O) groups is 2. The number of amides is 1. The van der Waals surface area contributed by atoms with Gasteiger partial charge in [-0.1, -0.05) is 50.6 Å². The average Bonchev–Trinajstić information content (AvgIpc) is 2.74. The largest absolute Gasteiger partial charge is 0.497 e. The van der Waals surface area contributed by atoms with Crippen LogP contribution in [0.2, 0.25) is 0 Å². The highest BCUT2D eigenvalue weighted by molar-refractivity contribution is 5.96. The van der Waals surface area contributed by atoms with E-state index in [1.165, 1.54) is 14.2 Å². The molecule has 156 valence electrons. The number of ether oxygens (including phenoxy) is 3. The molecular formula is C23H29NO5. The van der Waals surface area contributed by atoms with Gasteiger partial charge in [-0.2, -0.15) is 0 Å². The lowest BCUT2D eigenvalue weighted by atomic mass is 9.85. The minimum atomic E-state index is -0.964. The lowest BCUT2D eigenvalue weighted by Gasteiger charge is -2.24. The van der Waals surface area contributed by atoms with Gasteiger partial charge in [-0.3, -0.25) is 9.59 Å². The van der Waals surface area contributed by atoms with Crippen molar-refractivity contribution in [3.05, 3.63) is 54.1 Å². The Hall–Kier alpha value is -3.02. The van der Waals surface area contributed by atoms with Crippen LogP contribution in [0.1, 0.15) is 38.7 Å². The van der Waals surface area contributed by atoms with Crippen LogP contribution >= 0.6 is 0 Å². The highest BCUT2D eigenvalue weighted by Crippen LogP contribution is 2.30. The predicted molar refractivity (Wildman–Crippen MR) is 112 cm³/mol. The first-order chi connectivity index (χ1) is 13.9. The predicted octanol–water partition coefficient (Wildman–Crippen LogP) is 4.40. The summed E-state index contributed by atoms with van der Waals surface area (Å²) in [5, 5.41) is 2.74. The topological polar surface area (TPSA) is 73.9 Å². The summed E-state index contributed by atoms with van der Waals surface area (Å²) < 4.78 is 16.0. The molecule has 0 aliphatic carbocycles. The van der Waals surface area contributed by atoms with E-state index < -0.39 is 23.9 Å². The maximum atomic E-state index is 12.9. The molecule has 0 aliphatic rings. The fourth-order valence-electron chi connectivity index (χ4n) is 3.04. The van der Waals surface area contributed by atoms with E-state index in [1.54, 1.807) is 25.1 Å². The average molecular weight is 399 g/mol. The first-order valence-electron chi connectivity index (χ1n) is 9.69. The van der Waals surface area contributed by atoms with E-state index in [0.717, 1.165) is 12.0 Å².